The van der Waals surface area contributed by atoms with Gasteiger partial charge >= 0.3 is 10.8 Å². The minimum atomic E-state index is -0.653. The molecular weight excluding hydrogens is 772 g/mol. The molecule has 0 aliphatic carbocycles. The molecule has 0 bridgehead atoms. The van der Waals surface area contributed by atoms with Crippen molar-refractivity contribution in [3.63, 3.8) is 0 Å². The van der Waals surface area contributed by atoms with Crippen LogP contribution in [0.3, 0.4) is 0 Å². The Morgan fingerprint density at radius 2 is 1.41 bits per heavy atom. The first-order valence-corrected chi connectivity index (χ1v) is 23.5. The molecular formula is C46H75ClN4O6S. The molecule has 0 saturated heterocycles. The van der Waals surface area contributed by atoms with Crippen molar-refractivity contribution in [2.45, 2.75) is 143 Å². The number of nitrogens with zero attached hydrogens (tertiary/aromatic N) is 2. The number of aliphatic carboxylic acids is 1. The van der Waals surface area contributed by atoms with Crippen molar-refractivity contribution >= 4 is 45.0 Å². The lowest BCUT2D eigenvalue weighted by atomic mass is 10.0. The molecule has 1 amide bonds. The molecule has 4 N–H and O–H groups in total. The summed E-state index contributed by atoms with van der Waals surface area (Å²) in [6, 6.07) is 11.2. The predicted molar refractivity (Wildman–Crippen MR) is 243 cm³/mol. The number of phenolic OH excluding ortho intramolecular Hbond substituents is 1. The molecule has 0 atom stereocenters. The third kappa shape index (κ3) is 23.6. The molecule has 1 heterocycles. The van der Waals surface area contributed by atoms with Gasteiger partial charge in [0.25, 0.3) is 0 Å². The summed E-state index contributed by atoms with van der Waals surface area (Å²) in [5, 5.41) is 22.6. The Hall–Kier alpha value is -2.96. The lowest BCUT2D eigenvalue weighted by molar-refractivity contribution is -0.137. The number of hydrogen-bond acceptors (Lipinski definition) is 8. The maximum atomic E-state index is 13.0. The zero-order valence-electron chi connectivity index (χ0n) is 36.0. The van der Waals surface area contributed by atoms with Crippen molar-refractivity contribution < 1.29 is 24.5 Å². The number of aromatic amines is 1. The number of fused-ring (bicyclic) bond motifs is 1. The second kappa shape index (κ2) is 32.8. The Labute approximate surface area is 358 Å². The molecule has 0 aliphatic rings. The summed E-state index contributed by atoms with van der Waals surface area (Å²) in [5.41, 5.74) is 2.63. The Morgan fingerprint density at radius 3 is 2.02 bits per heavy atom. The fraction of sp³-hybridized carbons (Fsp3) is 0.674. The van der Waals surface area contributed by atoms with Gasteiger partial charge in [0.1, 0.15) is 11.3 Å². The van der Waals surface area contributed by atoms with Crippen LogP contribution in [-0.4, -0.2) is 95.9 Å². The number of hydrogen-bond donors (Lipinski definition) is 4. The number of carbonyl (C=O) groups is 2. The number of amides is 1. The first-order chi connectivity index (χ1) is 28.2. The number of carbonyl (C=O) groups excluding carboxylic acids is 1. The number of likely N-dealkylation sites (N-methyl/N-ethyl adjacent to an activating group) is 1. The van der Waals surface area contributed by atoms with Gasteiger partial charge in [-0.15, -0.1) is 0 Å². The number of carboxylic acids is 1. The van der Waals surface area contributed by atoms with Gasteiger partial charge in [-0.2, -0.15) is 0 Å². The third-order valence-corrected chi connectivity index (χ3v) is 11.8. The number of H-pyrrole nitrogens is 1. The summed E-state index contributed by atoms with van der Waals surface area (Å²) in [4.78, 5) is 41.8. The van der Waals surface area contributed by atoms with Crippen LogP contribution in [0.5, 0.6) is 5.75 Å². The van der Waals surface area contributed by atoms with E-state index in [9.17, 15) is 19.5 Å². The van der Waals surface area contributed by atoms with E-state index >= 15 is 0 Å². The molecule has 58 heavy (non-hydrogen) atoms. The topological polar surface area (TPSA) is 135 Å². The number of rotatable bonds is 33. The molecule has 1 aromatic heterocycles. The van der Waals surface area contributed by atoms with Crippen molar-refractivity contribution in [3.8, 4) is 5.75 Å². The van der Waals surface area contributed by atoms with E-state index in [2.05, 4.69) is 36.0 Å². The van der Waals surface area contributed by atoms with Crippen LogP contribution in [0, 0.1) is 0 Å². The van der Waals surface area contributed by atoms with Crippen molar-refractivity contribution in [1.29, 1.82) is 0 Å². The van der Waals surface area contributed by atoms with Crippen LogP contribution >= 0.6 is 22.9 Å². The number of nitrogens with one attached hydrogen (secondary N) is 2. The fourth-order valence-electron chi connectivity index (χ4n) is 6.94. The van der Waals surface area contributed by atoms with Gasteiger partial charge in [0.15, 0.2) is 0 Å². The first-order valence-electron chi connectivity index (χ1n) is 22.3. The summed E-state index contributed by atoms with van der Waals surface area (Å²) in [6.07, 6.45) is 22.0. The van der Waals surface area contributed by atoms with Crippen molar-refractivity contribution in [1.82, 2.24) is 20.1 Å². The number of benzene rings is 2. The Balaban J connectivity index is 0.000000492. The maximum Gasteiger partial charge on any atom is 0.305 e. The average Bonchev–Trinajstić information content (AvgIpc) is 3.62. The van der Waals surface area contributed by atoms with Gasteiger partial charge in [0, 0.05) is 37.6 Å². The van der Waals surface area contributed by atoms with Crippen molar-refractivity contribution in [2.24, 2.45) is 0 Å². The molecule has 3 rings (SSSR count). The quantitative estimate of drug-likeness (QED) is 0.0445. The van der Waals surface area contributed by atoms with E-state index in [0.29, 0.717) is 62.8 Å². The van der Waals surface area contributed by atoms with Crippen molar-refractivity contribution in [2.75, 3.05) is 59.0 Å². The first kappa shape index (κ1) is 51.2. The lowest BCUT2D eigenvalue weighted by Gasteiger charge is -2.27. The molecule has 0 unspecified atom stereocenters. The summed E-state index contributed by atoms with van der Waals surface area (Å²) in [5.74, 6) is -0.468. The van der Waals surface area contributed by atoms with Crippen LogP contribution in [0.1, 0.15) is 141 Å². The highest BCUT2D eigenvalue weighted by molar-refractivity contribution is 7.16. The van der Waals surface area contributed by atoms with Gasteiger partial charge in [-0.05, 0) is 68.2 Å². The van der Waals surface area contributed by atoms with Gasteiger partial charge in [-0.25, -0.2) is 0 Å². The normalized spacial score (nSPS) is 11.3. The monoisotopic (exact) mass is 847 g/mol. The smallest absolute Gasteiger partial charge is 0.305 e. The van der Waals surface area contributed by atoms with Gasteiger partial charge in [0.05, 0.1) is 24.3 Å². The highest BCUT2D eigenvalue weighted by atomic mass is 35.5. The van der Waals surface area contributed by atoms with E-state index in [4.69, 9.17) is 21.4 Å². The number of halogens is 1. The second-order valence-corrected chi connectivity index (χ2v) is 16.6. The number of thiazole rings is 1. The standard InChI is InChI=1S/C28H39ClN4O4S.C18H36O2/c1-3-32(4-2)16-17-33(25(35)12-19-37-18-11-21-6-5-7-23(29)20-21)15-14-30-13-10-22-8-9-24(34)26-27(22)38-28(36)31-26;1-2-3-4-5-6-7-8-9-10-11-12-13-14-15-16-17-18(19)20/h5-9,20,30,34H,3-4,10-19H2,1-2H3,(H,31,36);2-17H2,1H3,(H,19,20). The highest BCUT2D eigenvalue weighted by Gasteiger charge is 2.15. The minimum Gasteiger partial charge on any atom is -0.506 e. The van der Waals surface area contributed by atoms with Crippen LogP contribution in [-0.2, 0) is 27.2 Å². The van der Waals surface area contributed by atoms with Crippen LogP contribution in [0.15, 0.2) is 41.2 Å². The Morgan fingerprint density at radius 1 is 0.776 bits per heavy atom. The second-order valence-electron chi connectivity index (χ2n) is 15.2. The van der Waals surface area contributed by atoms with E-state index in [0.717, 1.165) is 72.5 Å². The fourth-order valence-corrected chi connectivity index (χ4v) is 8.06. The maximum absolute atomic E-state index is 13.0. The molecule has 0 fully saturated rings. The predicted octanol–water partition coefficient (Wildman–Crippen LogP) is 10.2. The van der Waals surface area contributed by atoms with Crippen LogP contribution in [0.25, 0.3) is 10.2 Å². The number of phenols is 1. The Kier molecular flexibility index (Phi) is 29.0. The summed E-state index contributed by atoms with van der Waals surface area (Å²) in [6.45, 7) is 12.9. The van der Waals surface area contributed by atoms with E-state index in [1.54, 1.807) is 6.07 Å². The third-order valence-electron chi connectivity index (χ3n) is 10.6. The van der Waals surface area contributed by atoms with Crippen molar-refractivity contribution in [3.05, 3.63) is 62.2 Å². The molecule has 0 radical (unpaired) electrons. The van der Waals surface area contributed by atoms with E-state index in [1.165, 1.54) is 83.5 Å². The summed E-state index contributed by atoms with van der Waals surface area (Å²) < 4.78 is 6.54. The Bertz CT molecular complexity index is 1580. The van der Waals surface area contributed by atoms with Gasteiger partial charge < -0.3 is 35.1 Å². The number of ether oxygens (including phenoxy) is 1. The van der Waals surface area contributed by atoms with E-state index in [1.807, 2.05) is 35.2 Å². The molecule has 2 aromatic carbocycles. The van der Waals surface area contributed by atoms with Crippen LogP contribution in [0.2, 0.25) is 5.02 Å². The molecule has 3 aromatic rings. The summed E-state index contributed by atoms with van der Waals surface area (Å²) >= 11 is 7.15. The molecule has 12 heteroatoms. The molecule has 328 valence electrons. The van der Waals surface area contributed by atoms with Crippen LogP contribution in [0.4, 0.5) is 0 Å². The van der Waals surface area contributed by atoms with Gasteiger partial charge in [-0.3, -0.25) is 14.4 Å². The number of aromatic nitrogens is 1. The summed E-state index contributed by atoms with van der Waals surface area (Å²) in [7, 11) is 0. The lowest BCUT2D eigenvalue weighted by Crippen LogP contribution is -2.42. The average molecular weight is 848 g/mol. The van der Waals surface area contributed by atoms with E-state index in [-0.39, 0.29) is 16.5 Å². The van der Waals surface area contributed by atoms with Crippen LogP contribution < -0.4 is 10.2 Å². The van der Waals surface area contributed by atoms with E-state index < -0.39 is 5.97 Å². The van der Waals surface area contributed by atoms with Gasteiger partial charge in [0.2, 0.25) is 5.91 Å². The SMILES string of the molecule is CCCCCCCCCCCCCCCCCC(=O)O.CCN(CC)CCN(CCNCCc1ccc(O)c2[nH]c(=O)sc12)C(=O)CCOCCc1cccc(Cl)c1. The zero-order valence-corrected chi connectivity index (χ0v) is 37.5. The zero-order chi connectivity index (χ0) is 42.2. The minimum absolute atomic E-state index is 0.0888. The molecule has 0 aliphatic heterocycles. The number of aromatic hydroxyl groups is 1. The molecule has 0 saturated carbocycles. The van der Waals surface area contributed by atoms with Gasteiger partial charge in [-0.1, -0.05) is 152 Å². The number of unbranched alkanes of at least 4 members (excludes halogenated alkanes) is 14. The molecule has 10 nitrogen and oxygen atoms in total. The largest absolute Gasteiger partial charge is 0.506 e. The molecule has 0 spiro atoms. The highest BCUT2D eigenvalue weighted by Crippen LogP contribution is 2.28. The number of carboxylic acid groups (broad SMARTS) is 1.